The standard InChI is InChI=1S/C17H23N3/c1-12-9-13-5-2-3-8-16(13)20-17(12)19-11-15-7-4-6-14(15)10-18/h2-3,5,8-9,14-15H,4,6-7,10-11,18H2,1H3,(H,19,20). The first kappa shape index (κ1) is 13.4. The van der Waals surface area contributed by atoms with Crippen LogP contribution in [0.25, 0.3) is 10.9 Å². The molecule has 1 aromatic heterocycles. The van der Waals surface area contributed by atoms with E-state index in [9.17, 15) is 0 Å². The van der Waals surface area contributed by atoms with E-state index in [1.54, 1.807) is 0 Å². The van der Waals surface area contributed by atoms with Crippen LogP contribution in [-0.2, 0) is 0 Å². The number of nitrogens with two attached hydrogens (primary N) is 1. The van der Waals surface area contributed by atoms with Gasteiger partial charge in [-0.05, 0) is 55.8 Å². The zero-order valence-electron chi connectivity index (χ0n) is 12.1. The van der Waals surface area contributed by atoms with E-state index in [4.69, 9.17) is 10.7 Å². The summed E-state index contributed by atoms with van der Waals surface area (Å²) < 4.78 is 0. The van der Waals surface area contributed by atoms with Crippen LogP contribution in [0.5, 0.6) is 0 Å². The van der Waals surface area contributed by atoms with Crippen molar-refractivity contribution in [2.75, 3.05) is 18.4 Å². The van der Waals surface area contributed by atoms with E-state index in [2.05, 4.69) is 36.5 Å². The van der Waals surface area contributed by atoms with Crippen LogP contribution in [0.3, 0.4) is 0 Å². The predicted molar refractivity (Wildman–Crippen MR) is 84.9 cm³/mol. The number of aryl methyl sites for hydroxylation is 1. The van der Waals surface area contributed by atoms with Crippen molar-refractivity contribution in [2.45, 2.75) is 26.2 Å². The Bertz CT molecular complexity index is 594. The van der Waals surface area contributed by atoms with Gasteiger partial charge in [0.05, 0.1) is 5.52 Å². The van der Waals surface area contributed by atoms with Gasteiger partial charge in [-0.1, -0.05) is 24.6 Å². The summed E-state index contributed by atoms with van der Waals surface area (Å²) in [6.45, 7) is 3.93. The number of anilines is 1. The molecule has 1 aromatic carbocycles. The summed E-state index contributed by atoms with van der Waals surface area (Å²) in [6.07, 6.45) is 3.90. The fraction of sp³-hybridized carbons (Fsp3) is 0.471. The molecule has 0 aliphatic heterocycles. The van der Waals surface area contributed by atoms with Gasteiger partial charge in [0.15, 0.2) is 0 Å². The third-order valence-corrected chi connectivity index (χ3v) is 4.57. The van der Waals surface area contributed by atoms with Gasteiger partial charge in [-0.15, -0.1) is 0 Å². The first-order valence-corrected chi connectivity index (χ1v) is 7.58. The molecule has 3 nitrogen and oxygen atoms in total. The Morgan fingerprint density at radius 1 is 1.25 bits per heavy atom. The first-order valence-electron chi connectivity index (χ1n) is 7.58. The molecule has 0 bridgehead atoms. The number of hydrogen-bond donors (Lipinski definition) is 2. The van der Waals surface area contributed by atoms with E-state index in [1.165, 1.54) is 30.2 Å². The van der Waals surface area contributed by atoms with Crippen LogP contribution in [0.2, 0.25) is 0 Å². The lowest BCUT2D eigenvalue weighted by Crippen LogP contribution is -2.24. The maximum Gasteiger partial charge on any atom is 0.129 e. The van der Waals surface area contributed by atoms with E-state index in [0.29, 0.717) is 11.8 Å². The Morgan fingerprint density at radius 2 is 2.05 bits per heavy atom. The smallest absolute Gasteiger partial charge is 0.129 e. The van der Waals surface area contributed by atoms with Gasteiger partial charge in [0.1, 0.15) is 5.82 Å². The molecular weight excluding hydrogens is 246 g/mol. The highest BCUT2D eigenvalue weighted by molar-refractivity contribution is 5.81. The average Bonchev–Trinajstić information content (AvgIpc) is 2.92. The number of nitrogens with zero attached hydrogens (tertiary/aromatic N) is 1. The number of para-hydroxylation sites is 1. The van der Waals surface area contributed by atoms with Crippen LogP contribution < -0.4 is 11.1 Å². The molecular formula is C17H23N3. The minimum absolute atomic E-state index is 0.684. The second-order valence-corrected chi connectivity index (χ2v) is 5.91. The predicted octanol–water partition coefficient (Wildman–Crippen LogP) is 3.33. The molecule has 0 radical (unpaired) electrons. The third-order valence-electron chi connectivity index (χ3n) is 4.57. The summed E-state index contributed by atoms with van der Waals surface area (Å²) in [6, 6.07) is 10.5. The minimum Gasteiger partial charge on any atom is -0.370 e. The topological polar surface area (TPSA) is 50.9 Å². The molecule has 1 heterocycles. The number of fused-ring (bicyclic) bond motifs is 1. The fourth-order valence-corrected chi connectivity index (χ4v) is 3.32. The Balaban J connectivity index is 1.75. The van der Waals surface area contributed by atoms with Crippen molar-refractivity contribution in [3.63, 3.8) is 0 Å². The van der Waals surface area contributed by atoms with Crippen molar-refractivity contribution in [3.05, 3.63) is 35.9 Å². The lowest BCUT2D eigenvalue weighted by Gasteiger charge is -2.19. The Hall–Kier alpha value is -1.61. The van der Waals surface area contributed by atoms with Crippen molar-refractivity contribution >= 4 is 16.7 Å². The van der Waals surface area contributed by atoms with Crippen molar-refractivity contribution in [2.24, 2.45) is 17.6 Å². The van der Waals surface area contributed by atoms with Crippen LogP contribution in [0.4, 0.5) is 5.82 Å². The van der Waals surface area contributed by atoms with E-state index in [1.807, 2.05) is 6.07 Å². The molecule has 0 saturated heterocycles. The third kappa shape index (κ3) is 2.63. The quantitative estimate of drug-likeness (QED) is 0.895. The highest BCUT2D eigenvalue weighted by Gasteiger charge is 2.25. The van der Waals surface area contributed by atoms with Crippen molar-refractivity contribution in [3.8, 4) is 0 Å². The van der Waals surface area contributed by atoms with E-state index >= 15 is 0 Å². The maximum atomic E-state index is 5.85. The summed E-state index contributed by atoms with van der Waals surface area (Å²) in [7, 11) is 0. The average molecular weight is 269 g/mol. The molecule has 0 spiro atoms. The van der Waals surface area contributed by atoms with Crippen LogP contribution in [0.15, 0.2) is 30.3 Å². The van der Waals surface area contributed by atoms with E-state index < -0.39 is 0 Å². The second kappa shape index (κ2) is 5.80. The number of pyridine rings is 1. The molecule has 2 aromatic rings. The Labute approximate surface area is 120 Å². The summed E-state index contributed by atoms with van der Waals surface area (Å²) in [5.41, 5.74) is 8.13. The maximum absolute atomic E-state index is 5.85. The number of aromatic nitrogens is 1. The van der Waals surface area contributed by atoms with Gasteiger partial charge in [0, 0.05) is 11.9 Å². The first-order chi connectivity index (χ1) is 9.78. The van der Waals surface area contributed by atoms with Crippen LogP contribution in [0, 0.1) is 18.8 Å². The molecule has 1 aliphatic carbocycles. The molecule has 20 heavy (non-hydrogen) atoms. The molecule has 2 unspecified atom stereocenters. The lowest BCUT2D eigenvalue weighted by molar-refractivity contribution is 0.414. The van der Waals surface area contributed by atoms with E-state index in [0.717, 1.165) is 24.4 Å². The molecule has 1 aliphatic rings. The molecule has 1 saturated carbocycles. The normalized spacial score (nSPS) is 22.3. The van der Waals surface area contributed by atoms with Gasteiger partial charge in [0.2, 0.25) is 0 Å². The van der Waals surface area contributed by atoms with Crippen molar-refractivity contribution < 1.29 is 0 Å². The Morgan fingerprint density at radius 3 is 2.90 bits per heavy atom. The second-order valence-electron chi connectivity index (χ2n) is 5.91. The molecule has 2 atom stereocenters. The van der Waals surface area contributed by atoms with Gasteiger partial charge in [-0.2, -0.15) is 0 Å². The SMILES string of the molecule is Cc1cc2ccccc2nc1NCC1CCCC1CN. The van der Waals surface area contributed by atoms with Crippen molar-refractivity contribution in [1.82, 2.24) is 4.98 Å². The molecule has 3 heteroatoms. The van der Waals surface area contributed by atoms with Gasteiger partial charge < -0.3 is 11.1 Å². The lowest BCUT2D eigenvalue weighted by atomic mass is 9.96. The highest BCUT2D eigenvalue weighted by atomic mass is 15.0. The van der Waals surface area contributed by atoms with Crippen LogP contribution >= 0.6 is 0 Å². The summed E-state index contributed by atoms with van der Waals surface area (Å²) in [5.74, 6) is 2.40. The molecule has 106 valence electrons. The van der Waals surface area contributed by atoms with Gasteiger partial charge in [-0.25, -0.2) is 4.98 Å². The summed E-state index contributed by atoms with van der Waals surface area (Å²) in [4.78, 5) is 4.74. The van der Waals surface area contributed by atoms with Crippen molar-refractivity contribution in [1.29, 1.82) is 0 Å². The fourth-order valence-electron chi connectivity index (χ4n) is 3.32. The van der Waals surface area contributed by atoms with Gasteiger partial charge >= 0.3 is 0 Å². The number of hydrogen-bond acceptors (Lipinski definition) is 3. The molecule has 3 rings (SSSR count). The number of rotatable bonds is 4. The number of benzene rings is 1. The van der Waals surface area contributed by atoms with Gasteiger partial charge in [-0.3, -0.25) is 0 Å². The molecule has 0 amide bonds. The summed E-state index contributed by atoms with van der Waals surface area (Å²) in [5, 5.41) is 4.75. The Kier molecular flexibility index (Phi) is 3.88. The van der Waals surface area contributed by atoms with E-state index in [-0.39, 0.29) is 0 Å². The summed E-state index contributed by atoms with van der Waals surface area (Å²) >= 11 is 0. The van der Waals surface area contributed by atoms with Gasteiger partial charge in [0.25, 0.3) is 0 Å². The number of nitrogens with one attached hydrogen (secondary N) is 1. The molecule has 3 N–H and O–H groups in total. The zero-order valence-corrected chi connectivity index (χ0v) is 12.1. The zero-order chi connectivity index (χ0) is 13.9. The highest BCUT2D eigenvalue weighted by Crippen LogP contribution is 2.31. The minimum atomic E-state index is 0.684. The molecule has 1 fully saturated rings. The largest absolute Gasteiger partial charge is 0.370 e. The monoisotopic (exact) mass is 269 g/mol. The van der Waals surface area contributed by atoms with Crippen LogP contribution in [0.1, 0.15) is 24.8 Å². The van der Waals surface area contributed by atoms with Crippen LogP contribution in [-0.4, -0.2) is 18.1 Å².